The lowest BCUT2D eigenvalue weighted by molar-refractivity contribution is 0.0526. The molecule has 0 radical (unpaired) electrons. The number of halogens is 1. The lowest BCUT2D eigenvalue weighted by atomic mass is 10.3. The van der Waals surface area contributed by atoms with Crippen molar-refractivity contribution >= 4 is 40.1 Å². The van der Waals surface area contributed by atoms with E-state index in [-0.39, 0.29) is 5.97 Å². The molecule has 0 bridgehead atoms. The molecule has 0 atom stereocenters. The summed E-state index contributed by atoms with van der Waals surface area (Å²) in [5, 5.41) is 3.16. The molecule has 19 heavy (non-hydrogen) atoms. The molecule has 0 unspecified atom stereocenters. The molecule has 0 aliphatic rings. The molecule has 4 nitrogen and oxygen atoms in total. The first kappa shape index (κ1) is 13.8. The zero-order valence-electron chi connectivity index (χ0n) is 10.4. The van der Waals surface area contributed by atoms with Gasteiger partial charge in [0.2, 0.25) is 0 Å². The summed E-state index contributed by atoms with van der Waals surface area (Å²) in [6.07, 6.45) is 1.51. The Bertz CT molecular complexity index is 553. The minimum absolute atomic E-state index is 0.351. The van der Waals surface area contributed by atoms with Gasteiger partial charge in [-0.3, -0.25) is 0 Å². The highest BCUT2D eigenvalue weighted by atomic mass is 127. The van der Waals surface area contributed by atoms with Gasteiger partial charge in [-0.25, -0.2) is 9.78 Å². The highest BCUT2D eigenvalue weighted by Crippen LogP contribution is 2.16. The number of hydrogen-bond acceptors (Lipinski definition) is 4. The Labute approximate surface area is 125 Å². The van der Waals surface area contributed by atoms with Crippen LogP contribution in [0.5, 0.6) is 0 Å². The van der Waals surface area contributed by atoms with Crippen molar-refractivity contribution in [1.29, 1.82) is 0 Å². The molecule has 1 aromatic heterocycles. The smallest absolute Gasteiger partial charge is 0.339 e. The number of pyridine rings is 1. The van der Waals surface area contributed by atoms with Gasteiger partial charge in [0.25, 0.3) is 0 Å². The van der Waals surface area contributed by atoms with E-state index in [4.69, 9.17) is 4.74 Å². The Morgan fingerprint density at radius 3 is 2.58 bits per heavy atom. The Morgan fingerprint density at radius 2 is 2.00 bits per heavy atom. The molecular formula is C14H13IN2O2. The average Bonchev–Trinajstić information content (AvgIpc) is 2.42. The number of rotatable bonds is 4. The largest absolute Gasteiger partial charge is 0.462 e. The Balaban J connectivity index is 2.06. The maximum Gasteiger partial charge on any atom is 0.339 e. The van der Waals surface area contributed by atoms with Gasteiger partial charge < -0.3 is 10.1 Å². The number of benzene rings is 1. The Morgan fingerprint density at radius 1 is 1.26 bits per heavy atom. The summed E-state index contributed by atoms with van der Waals surface area (Å²) in [7, 11) is 0. The maximum atomic E-state index is 11.5. The van der Waals surface area contributed by atoms with Crippen LogP contribution in [-0.2, 0) is 4.74 Å². The van der Waals surface area contributed by atoms with E-state index in [1.807, 2.05) is 24.3 Å². The molecule has 0 fully saturated rings. The van der Waals surface area contributed by atoms with Crippen molar-refractivity contribution in [2.24, 2.45) is 0 Å². The van der Waals surface area contributed by atoms with Crippen molar-refractivity contribution in [3.63, 3.8) is 0 Å². The minimum atomic E-state index is -0.351. The van der Waals surface area contributed by atoms with Crippen LogP contribution in [0.15, 0.2) is 42.6 Å². The van der Waals surface area contributed by atoms with Crippen LogP contribution in [-0.4, -0.2) is 17.6 Å². The van der Waals surface area contributed by atoms with Crippen LogP contribution in [0.25, 0.3) is 0 Å². The standard InChI is InChI=1S/C14H13IN2O2/c1-2-19-14(18)10-3-8-13(16-9-10)17-12-6-4-11(15)5-7-12/h3-9H,2H2,1H3,(H,16,17). The summed E-state index contributed by atoms with van der Waals surface area (Å²) >= 11 is 2.25. The third kappa shape index (κ3) is 3.92. The van der Waals surface area contributed by atoms with Gasteiger partial charge >= 0.3 is 5.97 Å². The second kappa shape index (κ2) is 6.51. The molecule has 0 aliphatic carbocycles. The summed E-state index contributed by atoms with van der Waals surface area (Å²) in [4.78, 5) is 15.7. The summed E-state index contributed by atoms with van der Waals surface area (Å²) in [6, 6.07) is 11.4. The van der Waals surface area contributed by atoms with Gasteiger partial charge in [-0.1, -0.05) is 0 Å². The van der Waals surface area contributed by atoms with Gasteiger partial charge in [0.15, 0.2) is 0 Å². The molecule has 0 saturated heterocycles. The van der Waals surface area contributed by atoms with E-state index in [9.17, 15) is 4.79 Å². The van der Waals surface area contributed by atoms with Crippen molar-refractivity contribution in [3.8, 4) is 0 Å². The number of nitrogens with zero attached hydrogens (tertiary/aromatic N) is 1. The number of aromatic nitrogens is 1. The predicted octanol–water partition coefficient (Wildman–Crippen LogP) is 3.61. The summed E-state index contributed by atoms with van der Waals surface area (Å²) < 4.78 is 6.07. The third-order valence-corrected chi connectivity index (χ3v) is 3.11. The van der Waals surface area contributed by atoms with Crippen LogP contribution in [0.3, 0.4) is 0 Å². The zero-order valence-corrected chi connectivity index (χ0v) is 12.5. The van der Waals surface area contributed by atoms with Crippen LogP contribution in [0.2, 0.25) is 0 Å². The Kier molecular flexibility index (Phi) is 4.73. The first-order valence-corrected chi connectivity index (χ1v) is 6.92. The number of carbonyl (C=O) groups excluding carboxylic acids is 1. The van der Waals surface area contributed by atoms with E-state index in [1.54, 1.807) is 19.1 Å². The molecule has 98 valence electrons. The summed E-state index contributed by atoms with van der Waals surface area (Å²) in [5.74, 6) is 0.338. The normalized spacial score (nSPS) is 10.0. The van der Waals surface area contributed by atoms with Crippen molar-refractivity contribution in [2.75, 3.05) is 11.9 Å². The fraction of sp³-hybridized carbons (Fsp3) is 0.143. The lowest BCUT2D eigenvalue weighted by Gasteiger charge is -2.06. The van der Waals surface area contributed by atoms with Crippen LogP contribution in [0.1, 0.15) is 17.3 Å². The lowest BCUT2D eigenvalue weighted by Crippen LogP contribution is -2.05. The van der Waals surface area contributed by atoms with Crippen molar-refractivity contribution < 1.29 is 9.53 Å². The van der Waals surface area contributed by atoms with Crippen LogP contribution in [0.4, 0.5) is 11.5 Å². The van der Waals surface area contributed by atoms with Gasteiger partial charge in [0, 0.05) is 15.5 Å². The third-order valence-electron chi connectivity index (χ3n) is 2.39. The summed E-state index contributed by atoms with van der Waals surface area (Å²) in [5.41, 5.74) is 1.41. The van der Waals surface area contributed by atoms with Gasteiger partial charge in [0.1, 0.15) is 5.82 Å². The molecule has 0 spiro atoms. The number of anilines is 2. The van der Waals surface area contributed by atoms with Crippen LogP contribution in [0, 0.1) is 3.57 Å². The maximum absolute atomic E-state index is 11.5. The fourth-order valence-electron chi connectivity index (χ4n) is 1.48. The van der Waals surface area contributed by atoms with Gasteiger partial charge in [0.05, 0.1) is 12.2 Å². The molecule has 1 aromatic carbocycles. The van der Waals surface area contributed by atoms with Crippen molar-refractivity contribution in [1.82, 2.24) is 4.98 Å². The molecular weight excluding hydrogens is 355 g/mol. The molecule has 1 heterocycles. The monoisotopic (exact) mass is 368 g/mol. The Hall–Kier alpha value is -1.63. The van der Waals surface area contributed by atoms with Crippen molar-refractivity contribution in [2.45, 2.75) is 6.92 Å². The summed E-state index contributed by atoms with van der Waals surface area (Å²) in [6.45, 7) is 2.14. The predicted molar refractivity (Wildman–Crippen MR) is 82.6 cm³/mol. The van der Waals surface area contributed by atoms with E-state index in [0.717, 1.165) is 5.69 Å². The van der Waals surface area contributed by atoms with Gasteiger partial charge in [-0.05, 0) is 65.9 Å². The number of nitrogens with one attached hydrogen (secondary N) is 1. The van der Waals surface area contributed by atoms with E-state index in [2.05, 4.69) is 32.9 Å². The molecule has 2 aromatic rings. The average molecular weight is 368 g/mol. The van der Waals surface area contributed by atoms with Crippen molar-refractivity contribution in [3.05, 3.63) is 51.7 Å². The van der Waals surface area contributed by atoms with Gasteiger partial charge in [-0.15, -0.1) is 0 Å². The molecule has 2 rings (SSSR count). The second-order valence-electron chi connectivity index (χ2n) is 3.78. The van der Waals surface area contributed by atoms with Crippen LogP contribution >= 0.6 is 22.6 Å². The number of hydrogen-bond donors (Lipinski definition) is 1. The zero-order chi connectivity index (χ0) is 13.7. The highest BCUT2D eigenvalue weighted by Gasteiger charge is 2.06. The van der Waals surface area contributed by atoms with E-state index >= 15 is 0 Å². The molecule has 0 amide bonds. The topological polar surface area (TPSA) is 51.2 Å². The number of ether oxygens (including phenoxy) is 1. The molecule has 0 aliphatic heterocycles. The van der Waals surface area contributed by atoms with E-state index < -0.39 is 0 Å². The number of carbonyl (C=O) groups is 1. The van der Waals surface area contributed by atoms with Crippen LogP contribution < -0.4 is 5.32 Å². The molecule has 1 N–H and O–H groups in total. The minimum Gasteiger partial charge on any atom is -0.462 e. The fourth-order valence-corrected chi connectivity index (χ4v) is 1.84. The quantitative estimate of drug-likeness (QED) is 0.662. The molecule has 5 heteroatoms. The molecule has 0 saturated carbocycles. The van der Waals surface area contributed by atoms with Gasteiger partial charge in [-0.2, -0.15) is 0 Å². The number of esters is 1. The van der Waals surface area contributed by atoms with E-state index in [0.29, 0.717) is 18.0 Å². The highest BCUT2D eigenvalue weighted by molar-refractivity contribution is 14.1. The second-order valence-corrected chi connectivity index (χ2v) is 5.03. The SMILES string of the molecule is CCOC(=O)c1ccc(Nc2ccc(I)cc2)nc1. The first-order valence-electron chi connectivity index (χ1n) is 5.85. The first-order chi connectivity index (χ1) is 9.19. The van der Waals surface area contributed by atoms with E-state index in [1.165, 1.54) is 9.77 Å².